The zero-order chi connectivity index (χ0) is 18.4. The number of nitrogens with zero attached hydrogens (tertiary/aromatic N) is 1. The largest absolute Gasteiger partial charge is 0.462 e. The zero-order valence-corrected chi connectivity index (χ0v) is 15.6. The van der Waals surface area contributed by atoms with E-state index >= 15 is 0 Å². The quantitative estimate of drug-likeness (QED) is 0.624. The molecule has 2 aromatic rings. The molecule has 0 spiro atoms. The molecule has 1 amide bonds. The average Bonchev–Trinajstić information content (AvgIpc) is 2.52. The Morgan fingerprint density at radius 3 is 2.52 bits per heavy atom. The molecule has 0 aliphatic rings. The van der Waals surface area contributed by atoms with Crippen LogP contribution in [0.1, 0.15) is 35.5 Å². The maximum atomic E-state index is 12.7. The maximum Gasteiger partial charge on any atom is 0.316 e. The molecule has 132 valence electrons. The number of hydrogen-bond acceptors (Lipinski definition) is 5. The molecular formula is C19H22N2O3S. The Morgan fingerprint density at radius 1 is 1.20 bits per heavy atom. The minimum Gasteiger partial charge on any atom is -0.462 e. The van der Waals surface area contributed by atoms with E-state index in [1.165, 1.54) is 11.8 Å². The van der Waals surface area contributed by atoms with Crippen LogP contribution in [-0.2, 0) is 9.53 Å². The van der Waals surface area contributed by atoms with Crippen LogP contribution in [0.25, 0.3) is 0 Å². The minimum absolute atomic E-state index is 0.111. The van der Waals surface area contributed by atoms with E-state index in [1.54, 1.807) is 13.8 Å². The van der Waals surface area contributed by atoms with Crippen LogP contribution in [-0.4, -0.2) is 28.7 Å². The standard InChI is InChI=1S/C19H22N2O3S/c1-12(2)24-16(22)11-25-19-17(13(3)10-14(4)20-19)18(23)21-15-8-6-5-7-9-15/h5-10,12H,11H2,1-4H3,(H,21,23). The smallest absolute Gasteiger partial charge is 0.316 e. The summed E-state index contributed by atoms with van der Waals surface area (Å²) in [6.07, 6.45) is -0.166. The third-order valence-electron chi connectivity index (χ3n) is 3.26. The molecule has 2 rings (SSSR count). The summed E-state index contributed by atoms with van der Waals surface area (Å²) in [5.74, 6) is -0.453. The molecule has 1 aromatic carbocycles. The normalized spacial score (nSPS) is 10.6. The van der Waals surface area contributed by atoms with Crippen LogP contribution in [0.15, 0.2) is 41.4 Å². The van der Waals surface area contributed by atoms with E-state index in [-0.39, 0.29) is 23.7 Å². The number of para-hydroxylation sites is 1. The number of rotatable bonds is 6. The second kappa shape index (κ2) is 8.67. The van der Waals surface area contributed by atoms with Gasteiger partial charge in [-0.2, -0.15) is 0 Å². The van der Waals surface area contributed by atoms with Crippen molar-refractivity contribution in [1.29, 1.82) is 0 Å². The molecule has 0 saturated carbocycles. The van der Waals surface area contributed by atoms with E-state index < -0.39 is 0 Å². The Labute approximate surface area is 152 Å². The fraction of sp³-hybridized carbons (Fsp3) is 0.316. The summed E-state index contributed by atoms with van der Waals surface area (Å²) in [7, 11) is 0. The summed E-state index contributed by atoms with van der Waals surface area (Å²) in [5.41, 5.74) is 2.81. The van der Waals surface area contributed by atoms with Crippen molar-refractivity contribution in [3.8, 4) is 0 Å². The molecule has 0 radical (unpaired) electrons. The van der Waals surface area contributed by atoms with E-state index in [0.29, 0.717) is 16.3 Å². The van der Waals surface area contributed by atoms with E-state index in [1.807, 2.05) is 50.2 Å². The van der Waals surface area contributed by atoms with Crippen LogP contribution in [0, 0.1) is 13.8 Å². The summed E-state index contributed by atoms with van der Waals surface area (Å²) < 4.78 is 5.14. The lowest BCUT2D eigenvalue weighted by atomic mass is 10.1. The molecule has 0 atom stereocenters. The van der Waals surface area contributed by atoms with Gasteiger partial charge in [0.1, 0.15) is 5.03 Å². The van der Waals surface area contributed by atoms with Crippen LogP contribution in [0.3, 0.4) is 0 Å². The summed E-state index contributed by atoms with van der Waals surface area (Å²) in [6.45, 7) is 7.33. The summed E-state index contributed by atoms with van der Waals surface area (Å²) in [6, 6.07) is 11.1. The second-order valence-electron chi connectivity index (χ2n) is 5.91. The number of ether oxygens (including phenoxy) is 1. The highest BCUT2D eigenvalue weighted by molar-refractivity contribution is 8.00. The highest BCUT2D eigenvalue weighted by Gasteiger charge is 2.19. The van der Waals surface area contributed by atoms with Gasteiger partial charge in [0, 0.05) is 11.4 Å². The number of aryl methyl sites for hydroxylation is 2. The summed E-state index contributed by atoms with van der Waals surface area (Å²) in [5, 5.41) is 3.40. The molecule has 0 unspecified atom stereocenters. The Morgan fingerprint density at radius 2 is 1.88 bits per heavy atom. The van der Waals surface area contributed by atoms with Gasteiger partial charge >= 0.3 is 5.97 Å². The van der Waals surface area contributed by atoms with Crippen LogP contribution in [0.4, 0.5) is 5.69 Å². The Bertz CT molecular complexity index is 761. The van der Waals surface area contributed by atoms with Gasteiger partial charge in [0.15, 0.2) is 0 Å². The maximum absolute atomic E-state index is 12.7. The molecule has 1 heterocycles. The number of nitrogens with one attached hydrogen (secondary N) is 1. The van der Waals surface area contributed by atoms with Crippen molar-refractivity contribution < 1.29 is 14.3 Å². The topological polar surface area (TPSA) is 68.3 Å². The molecule has 25 heavy (non-hydrogen) atoms. The number of anilines is 1. The van der Waals surface area contributed by atoms with E-state index in [0.717, 1.165) is 11.3 Å². The highest BCUT2D eigenvalue weighted by Crippen LogP contribution is 2.25. The number of esters is 1. The van der Waals surface area contributed by atoms with Gasteiger partial charge in [-0.25, -0.2) is 4.98 Å². The van der Waals surface area contributed by atoms with Crippen molar-refractivity contribution in [2.45, 2.75) is 38.8 Å². The molecule has 0 aliphatic carbocycles. The Hall–Kier alpha value is -2.34. The van der Waals surface area contributed by atoms with E-state index in [2.05, 4.69) is 10.3 Å². The lowest BCUT2D eigenvalue weighted by molar-refractivity contribution is -0.144. The third-order valence-corrected chi connectivity index (χ3v) is 4.21. The first-order valence-corrected chi connectivity index (χ1v) is 9.02. The molecule has 0 bridgehead atoms. The molecule has 0 saturated heterocycles. The lowest BCUT2D eigenvalue weighted by Crippen LogP contribution is -2.17. The number of hydrogen-bond donors (Lipinski definition) is 1. The average molecular weight is 358 g/mol. The van der Waals surface area contributed by atoms with Crippen LogP contribution < -0.4 is 5.32 Å². The molecular weight excluding hydrogens is 336 g/mol. The number of carbonyl (C=O) groups excluding carboxylic acids is 2. The number of benzene rings is 1. The van der Waals surface area contributed by atoms with E-state index in [9.17, 15) is 9.59 Å². The van der Waals surface area contributed by atoms with Crippen molar-refractivity contribution >= 4 is 29.3 Å². The van der Waals surface area contributed by atoms with Gasteiger partial charge in [0.25, 0.3) is 5.91 Å². The second-order valence-corrected chi connectivity index (χ2v) is 6.87. The number of aromatic nitrogens is 1. The number of amides is 1. The first-order valence-electron chi connectivity index (χ1n) is 8.03. The van der Waals surface area contributed by atoms with Crippen molar-refractivity contribution in [3.63, 3.8) is 0 Å². The van der Waals surface area contributed by atoms with Gasteiger partial charge in [-0.15, -0.1) is 0 Å². The monoisotopic (exact) mass is 358 g/mol. The van der Waals surface area contributed by atoms with Crippen LogP contribution in [0.5, 0.6) is 0 Å². The SMILES string of the molecule is Cc1cc(C)c(C(=O)Nc2ccccc2)c(SCC(=O)OC(C)C)n1. The Balaban J connectivity index is 2.21. The summed E-state index contributed by atoms with van der Waals surface area (Å²) in [4.78, 5) is 28.9. The fourth-order valence-electron chi connectivity index (χ4n) is 2.32. The highest BCUT2D eigenvalue weighted by atomic mass is 32.2. The fourth-order valence-corrected chi connectivity index (χ4v) is 3.25. The molecule has 0 aliphatic heterocycles. The van der Waals surface area contributed by atoms with Gasteiger partial charge in [-0.05, 0) is 51.5 Å². The number of thioether (sulfide) groups is 1. The lowest BCUT2D eigenvalue weighted by Gasteiger charge is -2.13. The van der Waals surface area contributed by atoms with Crippen molar-refractivity contribution in [3.05, 3.63) is 53.2 Å². The van der Waals surface area contributed by atoms with Gasteiger partial charge in [-0.1, -0.05) is 30.0 Å². The van der Waals surface area contributed by atoms with Gasteiger partial charge in [-0.3, -0.25) is 9.59 Å². The molecule has 1 N–H and O–H groups in total. The van der Waals surface area contributed by atoms with E-state index in [4.69, 9.17) is 4.74 Å². The number of carbonyl (C=O) groups is 2. The van der Waals surface area contributed by atoms with Crippen LogP contribution in [0.2, 0.25) is 0 Å². The van der Waals surface area contributed by atoms with Gasteiger partial charge in [0.2, 0.25) is 0 Å². The molecule has 1 aromatic heterocycles. The van der Waals surface area contributed by atoms with Gasteiger partial charge < -0.3 is 10.1 Å². The zero-order valence-electron chi connectivity index (χ0n) is 14.8. The molecule has 0 fully saturated rings. The first-order chi connectivity index (χ1) is 11.9. The third kappa shape index (κ3) is 5.60. The van der Waals surface area contributed by atoms with Crippen LogP contribution >= 0.6 is 11.8 Å². The van der Waals surface area contributed by atoms with Crippen molar-refractivity contribution in [2.24, 2.45) is 0 Å². The molecule has 5 nitrogen and oxygen atoms in total. The first kappa shape index (κ1) is 19.0. The summed E-state index contributed by atoms with van der Waals surface area (Å²) >= 11 is 1.22. The number of pyridine rings is 1. The predicted octanol–water partition coefficient (Wildman–Crippen LogP) is 3.99. The molecule has 6 heteroatoms. The predicted molar refractivity (Wildman–Crippen MR) is 100 cm³/mol. The van der Waals surface area contributed by atoms with Gasteiger partial charge in [0.05, 0.1) is 17.4 Å². The Kier molecular flexibility index (Phi) is 6.58. The van der Waals surface area contributed by atoms with Crippen molar-refractivity contribution in [1.82, 2.24) is 4.98 Å². The van der Waals surface area contributed by atoms with Crippen molar-refractivity contribution in [2.75, 3.05) is 11.1 Å². The minimum atomic E-state index is -0.324.